The summed E-state index contributed by atoms with van der Waals surface area (Å²) in [7, 11) is 0. The first kappa shape index (κ1) is 6.29. The van der Waals surface area contributed by atoms with Gasteiger partial charge in [0.2, 0.25) is 0 Å². The first-order chi connectivity index (χ1) is 4.19. The van der Waals surface area contributed by atoms with Crippen molar-refractivity contribution in [1.29, 1.82) is 0 Å². The summed E-state index contributed by atoms with van der Waals surface area (Å²) in [4.78, 5) is 10.7. The van der Waals surface area contributed by atoms with Gasteiger partial charge in [-0.1, -0.05) is 6.58 Å². The van der Waals surface area contributed by atoms with Crippen LogP contribution in [0.4, 0.5) is 0 Å². The van der Waals surface area contributed by atoms with Crippen LogP contribution in [0.15, 0.2) is 12.8 Å². The van der Waals surface area contributed by atoms with Crippen LogP contribution in [-0.2, 0) is 4.79 Å². The number of amides is 1. The number of rotatable bonds is 2. The minimum Gasteiger partial charge on any atom is -0.380 e. The molecule has 0 aliphatic heterocycles. The average Bonchev–Trinajstić information content (AvgIpc) is 2.50. The normalized spacial score (nSPS) is 20.6. The third-order valence-electron chi connectivity index (χ3n) is 1.38. The molecule has 0 aromatic carbocycles. The van der Waals surface area contributed by atoms with Crippen molar-refractivity contribution in [2.75, 3.05) is 0 Å². The zero-order valence-electron chi connectivity index (χ0n) is 5.05. The van der Waals surface area contributed by atoms with Gasteiger partial charge in [0.1, 0.15) is 5.60 Å². The van der Waals surface area contributed by atoms with E-state index < -0.39 is 5.60 Å². The van der Waals surface area contributed by atoms with Gasteiger partial charge in [0.05, 0.1) is 0 Å². The van der Waals surface area contributed by atoms with Crippen LogP contribution in [0.2, 0.25) is 0 Å². The maximum atomic E-state index is 10.7. The van der Waals surface area contributed by atoms with Crippen LogP contribution in [0.1, 0.15) is 12.8 Å². The summed E-state index contributed by atoms with van der Waals surface area (Å²) in [5.41, 5.74) is -1.06. The summed E-state index contributed by atoms with van der Waals surface area (Å²) in [5, 5.41) is 11.4. The van der Waals surface area contributed by atoms with Gasteiger partial charge >= 0.3 is 0 Å². The second kappa shape index (κ2) is 1.84. The first-order valence-electron chi connectivity index (χ1n) is 2.83. The maximum absolute atomic E-state index is 10.7. The lowest BCUT2D eigenvalue weighted by Gasteiger charge is -2.03. The molecule has 0 aromatic rings. The Hall–Kier alpha value is -0.830. The molecule has 9 heavy (non-hydrogen) atoms. The van der Waals surface area contributed by atoms with Gasteiger partial charge in [0.25, 0.3) is 5.91 Å². The molecule has 1 aliphatic carbocycles. The number of carbonyl (C=O) groups excluding carboxylic acids is 1. The van der Waals surface area contributed by atoms with E-state index in [-0.39, 0.29) is 5.91 Å². The smallest absolute Gasteiger partial charge is 0.255 e. The van der Waals surface area contributed by atoms with Gasteiger partial charge in [-0.2, -0.15) is 0 Å². The van der Waals surface area contributed by atoms with Gasteiger partial charge in [-0.05, 0) is 19.0 Å². The Bertz CT molecular complexity index is 149. The minimum atomic E-state index is -1.06. The Morgan fingerprint density at radius 1 is 1.78 bits per heavy atom. The van der Waals surface area contributed by atoms with Crippen molar-refractivity contribution in [1.82, 2.24) is 5.32 Å². The van der Waals surface area contributed by atoms with Crippen LogP contribution < -0.4 is 5.32 Å². The summed E-state index contributed by atoms with van der Waals surface area (Å²) >= 11 is 0. The number of nitrogens with one attached hydrogen (secondary N) is 1. The second-order valence-corrected chi connectivity index (χ2v) is 2.21. The van der Waals surface area contributed by atoms with Crippen molar-refractivity contribution in [2.45, 2.75) is 18.4 Å². The molecule has 0 atom stereocenters. The van der Waals surface area contributed by atoms with Crippen LogP contribution in [0.3, 0.4) is 0 Å². The largest absolute Gasteiger partial charge is 0.380 e. The van der Waals surface area contributed by atoms with Crippen molar-refractivity contribution in [2.24, 2.45) is 0 Å². The van der Waals surface area contributed by atoms with Crippen molar-refractivity contribution in [3.8, 4) is 0 Å². The molecule has 2 N–H and O–H groups in total. The molecule has 3 nitrogen and oxygen atoms in total. The Kier molecular flexibility index (Phi) is 1.29. The highest BCUT2D eigenvalue weighted by Crippen LogP contribution is 2.34. The Morgan fingerprint density at radius 2 is 2.33 bits per heavy atom. The van der Waals surface area contributed by atoms with E-state index in [0.717, 1.165) is 0 Å². The maximum Gasteiger partial charge on any atom is 0.255 e. The van der Waals surface area contributed by atoms with Gasteiger partial charge < -0.3 is 10.4 Å². The Labute approximate surface area is 53.4 Å². The molecule has 0 radical (unpaired) electrons. The van der Waals surface area contributed by atoms with Crippen molar-refractivity contribution in [3.05, 3.63) is 12.8 Å². The summed E-state index contributed by atoms with van der Waals surface area (Å²) in [6.45, 7) is 3.30. The highest BCUT2D eigenvalue weighted by Gasteiger charge is 2.47. The molecular weight excluding hydrogens is 118 g/mol. The van der Waals surface area contributed by atoms with Crippen molar-refractivity contribution in [3.63, 3.8) is 0 Å². The quantitative estimate of drug-likeness (QED) is 0.538. The predicted molar refractivity (Wildman–Crippen MR) is 32.5 cm³/mol. The SMILES string of the molecule is C=CNC(=O)C1(O)CC1. The summed E-state index contributed by atoms with van der Waals surface area (Å²) in [6.07, 6.45) is 2.43. The number of aliphatic hydroxyl groups is 1. The first-order valence-corrected chi connectivity index (χ1v) is 2.83. The predicted octanol–water partition coefficient (Wildman–Crippen LogP) is -0.229. The standard InChI is InChI=1S/C6H9NO2/c1-2-7-5(8)6(9)3-4-6/h2,9H,1,3-4H2,(H,7,8). The third kappa shape index (κ3) is 1.10. The zero-order chi connectivity index (χ0) is 6.91. The molecule has 0 heterocycles. The monoisotopic (exact) mass is 127 g/mol. The van der Waals surface area contributed by atoms with Gasteiger partial charge in [-0.3, -0.25) is 4.79 Å². The van der Waals surface area contributed by atoms with Crippen LogP contribution in [0.25, 0.3) is 0 Å². The van der Waals surface area contributed by atoms with E-state index in [1.165, 1.54) is 6.20 Å². The molecule has 1 aliphatic rings. The molecular formula is C6H9NO2. The third-order valence-corrected chi connectivity index (χ3v) is 1.38. The lowest BCUT2D eigenvalue weighted by atomic mass is 10.3. The molecule has 0 saturated heterocycles. The van der Waals surface area contributed by atoms with Crippen molar-refractivity contribution < 1.29 is 9.90 Å². The fourth-order valence-electron chi connectivity index (χ4n) is 0.572. The van der Waals surface area contributed by atoms with E-state index in [1.807, 2.05) is 0 Å². The van der Waals surface area contributed by atoms with E-state index in [1.54, 1.807) is 0 Å². The fourth-order valence-corrected chi connectivity index (χ4v) is 0.572. The molecule has 1 amide bonds. The lowest BCUT2D eigenvalue weighted by molar-refractivity contribution is -0.130. The number of hydrogen-bond acceptors (Lipinski definition) is 2. The molecule has 0 aromatic heterocycles. The number of hydrogen-bond donors (Lipinski definition) is 2. The van der Waals surface area contributed by atoms with E-state index in [4.69, 9.17) is 5.11 Å². The van der Waals surface area contributed by atoms with Gasteiger partial charge in [0.15, 0.2) is 0 Å². The lowest BCUT2D eigenvalue weighted by Crippen LogP contribution is -2.32. The topological polar surface area (TPSA) is 49.3 Å². The molecule has 1 saturated carbocycles. The van der Waals surface area contributed by atoms with Gasteiger partial charge in [0, 0.05) is 0 Å². The highest BCUT2D eigenvalue weighted by atomic mass is 16.3. The molecule has 50 valence electrons. The molecule has 3 heteroatoms. The van der Waals surface area contributed by atoms with Gasteiger partial charge in [-0.15, -0.1) is 0 Å². The number of carbonyl (C=O) groups is 1. The van der Waals surface area contributed by atoms with E-state index in [9.17, 15) is 4.79 Å². The van der Waals surface area contributed by atoms with E-state index in [0.29, 0.717) is 12.8 Å². The minimum absolute atomic E-state index is 0.336. The van der Waals surface area contributed by atoms with Crippen molar-refractivity contribution >= 4 is 5.91 Å². The summed E-state index contributed by atoms with van der Waals surface area (Å²) < 4.78 is 0. The summed E-state index contributed by atoms with van der Waals surface area (Å²) in [5.74, 6) is -0.336. The van der Waals surface area contributed by atoms with Gasteiger partial charge in [-0.25, -0.2) is 0 Å². The molecule has 0 spiro atoms. The second-order valence-electron chi connectivity index (χ2n) is 2.21. The molecule has 0 bridgehead atoms. The van der Waals surface area contributed by atoms with E-state index in [2.05, 4.69) is 11.9 Å². The molecule has 1 fully saturated rings. The molecule has 0 unspecified atom stereocenters. The molecule has 1 rings (SSSR count). The van der Waals surface area contributed by atoms with Crippen LogP contribution in [0, 0.1) is 0 Å². The zero-order valence-corrected chi connectivity index (χ0v) is 5.05. The average molecular weight is 127 g/mol. The van der Waals surface area contributed by atoms with Crippen LogP contribution >= 0.6 is 0 Å². The van der Waals surface area contributed by atoms with E-state index >= 15 is 0 Å². The summed E-state index contributed by atoms with van der Waals surface area (Å²) in [6, 6.07) is 0. The Morgan fingerprint density at radius 3 is 2.67 bits per heavy atom. The van der Waals surface area contributed by atoms with Crippen LogP contribution in [0.5, 0.6) is 0 Å². The van der Waals surface area contributed by atoms with Crippen LogP contribution in [-0.4, -0.2) is 16.6 Å². The fraction of sp³-hybridized carbons (Fsp3) is 0.500. The Balaban J connectivity index is 2.42. The highest BCUT2D eigenvalue weighted by molar-refractivity contribution is 5.88.